The van der Waals surface area contributed by atoms with Gasteiger partial charge in [-0.2, -0.15) is 4.98 Å². The Balaban J connectivity index is 2.39. The third-order valence-corrected chi connectivity index (χ3v) is 3.40. The topological polar surface area (TPSA) is 73.3 Å². The average molecular weight is 262 g/mol. The molecule has 0 fully saturated rings. The molecular formula is C15H10N4O. The first-order valence-electron chi connectivity index (χ1n) is 6.21. The Morgan fingerprint density at radius 2 is 1.60 bits per heavy atom. The van der Waals surface area contributed by atoms with E-state index in [-0.39, 0.29) is 5.56 Å². The maximum atomic E-state index is 12.7. The van der Waals surface area contributed by atoms with Gasteiger partial charge in [-0.3, -0.25) is 4.79 Å². The van der Waals surface area contributed by atoms with Crippen LogP contribution in [0.15, 0.2) is 53.3 Å². The molecule has 0 unspecified atom stereocenters. The SMILES string of the molecule is Nc1nc2nc3ccccc3c(=O)n2c2ccccc12. The van der Waals surface area contributed by atoms with E-state index in [0.29, 0.717) is 22.5 Å². The number of rotatable bonds is 0. The number of nitrogens with zero attached hydrogens (tertiary/aromatic N) is 3. The van der Waals surface area contributed by atoms with Crippen molar-refractivity contribution in [1.82, 2.24) is 14.4 Å². The van der Waals surface area contributed by atoms with Crippen LogP contribution in [0.25, 0.3) is 27.6 Å². The Morgan fingerprint density at radius 1 is 0.900 bits per heavy atom. The lowest BCUT2D eigenvalue weighted by molar-refractivity contribution is 1.07. The second-order valence-electron chi connectivity index (χ2n) is 4.58. The van der Waals surface area contributed by atoms with Gasteiger partial charge in [-0.25, -0.2) is 9.38 Å². The van der Waals surface area contributed by atoms with Crippen molar-refractivity contribution in [3.63, 3.8) is 0 Å². The molecule has 2 aromatic heterocycles. The van der Waals surface area contributed by atoms with Crippen LogP contribution >= 0.6 is 0 Å². The van der Waals surface area contributed by atoms with Gasteiger partial charge in [-0.1, -0.05) is 24.3 Å². The van der Waals surface area contributed by atoms with Crippen LogP contribution in [0.1, 0.15) is 0 Å². The van der Waals surface area contributed by atoms with Crippen molar-refractivity contribution >= 4 is 33.4 Å². The van der Waals surface area contributed by atoms with Crippen LogP contribution in [-0.4, -0.2) is 14.4 Å². The normalized spacial score (nSPS) is 11.4. The van der Waals surface area contributed by atoms with Crippen molar-refractivity contribution < 1.29 is 0 Å². The van der Waals surface area contributed by atoms with Crippen LogP contribution in [0.3, 0.4) is 0 Å². The number of hydrogen-bond acceptors (Lipinski definition) is 4. The molecule has 0 aliphatic carbocycles. The van der Waals surface area contributed by atoms with E-state index >= 15 is 0 Å². The number of nitrogens with two attached hydrogens (primary N) is 1. The number of anilines is 1. The smallest absolute Gasteiger partial charge is 0.267 e. The number of benzene rings is 2. The number of aromatic nitrogens is 3. The van der Waals surface area contributed by atoms with Gasteiger partial charge in [0.1, 0.15) is 5.82 Å². The van der Waals surface area contributed by atoms with E-state index in [2.05, 4.69) is 9.97 Å². The molecule has 4 aromatic rings. The minimum Gasteiger partial charge on any atom is -0.383 e. The highest BCUT2D eigenvalue weighted by atomic mass is 16.1. The molecule has 0 amide bonds. The van der Waals surface area contributed by atoms with Crippen molar-refractivity contribution in [2.45, 2.75) is 0 Å². The summed E-state index contributed by atoms with van der Waals surface area (Å²) < 4.78 is 1.51. The molecule has 4 rings (SSSR count). The van der Waals surface area contributed by atoms with Crippen molar-refractivity contribution in [2.24, 2.45) is 0 Å². The molecule has 0 radical (unpaired) electrons. The lowest BCUT2D eigenvalue weighted by Crippen LogP contribution is -2.17. The third-order valence-electron chi connectivity index (χ3n) is 3.40. The van der Waals surface area contributed by atoms with Crippen LogP contribution in [0, 0.1) is 0 Å². The molecule has 0 aliphatic heterocycles. The maximum absolute atomic E-state index is 12.7. The molecule has 0 saturated carbocycles. The van der Waals surface area contributed by atoms with Gasteiger partial charge in [-0.15, -0.1) is 0 Å². The van der Waals surface area contributed by atoms with Crippen LogP contribution in [0.5, 0.6) is 0 Å². The lowest BCUT2D eigenvalue weighted by Gasteiger charge is -2.08. The summed E-state index contributed by atoms with van der Waals surface area (Å²) >= 11 is 0. The first-order valence-corrected chi connectivity index (χ1v) is 6.21. The Labute approximate surface area is 113 Å². The first kappa shape index (κ1) is 10.9. The Hall–Kier alpha value is -2.95. The largest absolute Gasteiger partial charge is 0.383 e. The summed E-state index contributed by atoms with van der Waals surface area (Å²) in [6.45, 7) is 0. The summed E-state index contributed by atoms with van der Waals surface area (Å²) in [5.74, 6) is 0.702. The number of hydrogen-bond donors (Lipinski definition) is 1. The van der Waals surface area contributed by atoms with Crippen LogP contribution in [0.4, 0.5) is 5.82 Å². The molecule has 0 aliphatic rings. The summed E-state index contributed by atoms with van der Waals surface area (Å²) in [4.78, 5) is 21.3. The number of para-hydroxylation sites is 2. The number of nitrogen functional groups attached to an aromatic ring is 1. The van der Waals surface area contributed by atoms with Crippen molar-refractivity contribution in [2.75, 3.05) is 5.73 Å². The van der Waals surface area contributed by atoms with E-state index in [1.54, 1.807) is 12.1 Å². The van der Waals surface area contributed by atoms with Gasteiger partial charge < -0.3 is 5.73 Å². The fourth-order valence-corrected chi connectivity index (χ4v) is 2.47. The zero-order chi connectivity index (χ0) is 13.7. The Morgan fingerprint density at radius 3 is 2.45 bits per heavy atom. The van der Waals surface area contributed by atoms with Gasteiger partial charge in [0.2, 0.25) is 5.78 Å². The molecule has 20 heavy (non-hydrogen) atoms. The average Bonchev–Trinajstić information content (AvgIpc) is 2.47. The van der Waals surface area contributed by atoms with Gasteiger partial charge in [0, 0.05) is 5.39 Å². The van der Waals surface area contributed by atoms with E-state index in [1.165, 1.54) is 4.40 Å². The fourth-order valence-electron chi connectivity index (χ4n) is 2.47. The van der Waals surface area contributed by atoms with Crippen LogP contribution in [-0.2, 0) is 0 Å². The van der Waals surface area contributed by atoms with Gasteiger partial charge >= 0.3 is 0 Å². The van der Waals surface area contributed by atoms with E-state index < -0.39 is 0 Å². The van der Waals surface area contributed by atoms with E-state index in [1.807, 2.05) is 36.4 Å². The van der Waals surface area contributed by atoms with Crippen molar-refractivity contribution in [1.29, 1.82) is 0 Å². The predicted octanol–water partition coefficient (Wildman–Crippen LogP) is 1.98. The monoisotopic (exact) mass is 262 g/mol. The number of fused-ring (bicyclic) bond motifs is 4. The highest BCUT2D eigenvalue weighted by Crippen LogP contribution is 2.19. The van der Waals surface area contributed by atoms with E-state index in [0.717, 1.165) is 10.9 Å². The minimum absolute atomic E-state index is 0.130. The second-order valence-corrected chi connectivity index (χ2v) is 4.58. The summed E-state index contributed by atoms with van der Waals surface area (Å²) in [6, 6.07) is 14.7. The molecule has 0 bridgehead atoms. The summed E-state index contributed by atoms with van der Waals surface area (Å²) in [6.07, 6.45) is 0. The Kier molecular flexibility index (Phi) is 2.06. The summed E-state index contributed by atoms with van der Waals surface area (Å²) in [7, 11) is 0. The molecule has 2 heterocycles. The van der Waals surface area contributed by atoms with E-state index in [4.69, 9.17) is 5.73 Å². The lowest BCUT2D eigenvalue weighted by atomic mass is 10.2. The molecule has 5 nitrogen and oxygen atoms in total. The molecular weight excluding hydrogens is 252 g/mol. The fraction of sp³-hybridized carbons (Fsp3) is 0. The van der Waals surface area contributed by atoms with Gasteiger partial charge in [-0.05, 0) is 24.3 Å². The van der Waals surface area contributed by atoms with Gasteiger partial charge in [0.05, 0.1) is 16.4 Å². The minimum atomic E-state index is -0.130. The molecule has 0 spiro atoms. The maximum Gasteiger partial charge on any atom is 0.267 e. The standard InChI is InChI=1S/C15H10N4O/c16-13-10-6-2-4-8-12(10)19-14(20)9-5-1-3-7-11(9)17-15(19)18-13/h1-8H,(H2,16,17,18). The van der Waals surface area contributed by atoms with Crippen LogP contribution < -0.4 is 11.3 Å². The molecule has 96 valence electrons. The van der Waals surface area contributed by atoms with Crippen molar-refractivity contribution in [3.8, 4) is 0 Å². The highest BCUT2D eigenvalue weighted by Gasteiger charge is 2.10. The molecule has 0 atom stereocenters. The molecule has 5 heteroatoms. The van der Waals surface area contributed by atoms with Gasteiger partial charge in [0.25, 0.3) is 5.56 Å². The molecule has 2 N–H and O–H groups in total. The summed E-state index contributed by atoms with van der Waals surface area (Å²) in [5.41, 5.74) is 7.16. The molecule has 2 aromatic carbocycles. The predicted molar refractivity (Wildman–Crippen MR) is 78.7 cm³/mol. The summed E-state index contributed by atoms with van der Waals surface area (Å²) in [5, 5.41) is 1.32. The highest BCUT2D eigenvalue weighted by molar-refractivity contribution is 5.91. The zero-order valence-corrected chi connectivity index (χ0v) is 10.4. The van der Waals surface area contributed by atoms with Crippen LogP contribution in [0.2, 0.25) is 0 Å². The molecule has 0 saturated heterocycles. The zero-order valence-electron chi connectivity index (χ0n) is 10.4. The second kappa shape index (κ2) is 3.77. The first-order chi connectivity index (χ1) is 9.75. The third kappa shape index (κ3) is 1.34. The van der Waals surface area contributed by atoms with E-state index in [9.17, 15) is 4.79 Å². The Bertz CT molecular complexity index is 1040. The van der Waals surface area contributed by atoms with Crippen molar-refractivity contribution in [3.05, 3.63) is 58.9 Å². The van der Waals surface area contributed by atoms with Gasteiger partial charge in [0.15, 0.2) is 0 Å². The quantitative estimate of drug-likeness (QED) is 0.388.